The molecule has 6 rings (SSSR count). The van der Waals surface area contributed by atoms with E-state index in [2.05, 4.69) is 21.2 Å². The van der Waals surface area contributed by atoms with Crippen LogP contribution < -0.4 is 15.0 Å². The number of cyclic esters (lactones) is 1. The molecule has 2 N–H and O–H groups in total. The third kappa shape index (κ3) is 5.76. The summed E-state index contributed by atoms with van der Waals surface area (Å²) in [5, 5.41) is 13.3. The Kier molecular flexibility index (Phi) is 9.28. The number of nitrogens with one attached hydrogen (secondary N) is 1. The minimum absolute atomic E-state index is 0.131. The first kappa shape index (κ1) is 32.9. The van der Waals surface area contributed by atoms with Crippen molar-refractivity contribution in [2.75, 3.05) is 25.2 Å². The maximum Gasteiger partial charge on any atom is 0.313 e. The number of fused-ring (bicyclic) bond motifs is 2. The molecule has 5 bridgehead atoms. The van der Waals surface area contributed by atoms with Gasteiger partial charge in [0.1, 0.15) is 35.5 Å². The number of rotatable bonds is 5. The van der Waals surface area contributed by atoms with Crippen molar-refractivity contribution in [1.82, 2.24) is 10.2 Å². The lowest BCUT2D eigenvalue weighted by Gasteiger charge is -2.37. The van der Waals surface area contributed by atoms with Crippen LogP contribution in [-0.4, -0.2) is 83.8 Å². The van der Waals surface area contributed by atoms with E-state index in [9.17, 15) is 24.3 Å². The van der Waals surface area contributed by atoms with Gasteiger partial charge in [-0.25, -0.2) is 0 Å². The summed E-state index contributed by atoms with van der Waals surface area (Å²) in [6, 6.07) is 13.5. The second kappa shape index (κ2) is 13.2. The standard InChI is InChI=1S/C35H38BrN3O8/c1-20(19-40)39-31-33(43)38(23-13-15-24(45-3)16-14-23)17-9-5-8-12-26(41)37-21(2)29(22-10-6-4-7-11-22)46-34(44)27-28(32(39)42)35(31)18-25(36)30(27)47-35/h4-7,9-11,13-16,18,20-21,27-31,40H,8,12,17,19H2,1-3H3,(H,37,41)/b9-5-/t20-,21+,27-,28+,29-,30-,31-,35+/m1/s1. The van der Waals surface area contributed by atoms with E-state index >= 15 is 0 Å². The number of esters is 1. The van der Waals surface area contributed by atoms with Gasteiger partial charge in [-0.1, -0.05) is 58.4 Å². The first-order valence-electron chi connectivity index (χ1n) is 15.8. The number of hydrogen-bond donors (Lipinski definition) is 2. The molecule has 0 aromatic heterocycles. The Morgan fingerprint density at radius 2 is 1.77 bits per heavy atom. The van der Waals surface area contributed by atoms with E-state index in [1.807, 2.05) is 42.5 Å². The number of amides is 3. The normalized spacial score (nSPS) is 32.4. The monoisotopic (exact) mass is 707 g/mol. The maximum absolute atomic E-state index is 14.9. The second-order valence-electron chi connectivity index (χ2n) is 12.4. The number of anilines is 1. The number of aliphatic hydroxyl groups is 1. The van der Waals surface area contributed by atoms with Crippen molar-refractivity contribution >= 4 is 45.3 Å². The van der Waals surface area contributed by atoms with Gasteiger partial charge in [-0.2, -0.15) is 0 Å². The third-order valence-corrected chi connectivity index (χ3v) is 10.1. The van der Waals surface area contributed by atoms with Gasteiger partial charge < -0.3 is 34.4 Å². The Balaban J connectivity index is 1.47. The molecule has 2 aromatic rings. The highest BCUT2D eigenvalue weighted by atomic mass is 79.9. The number of halogens is 1. The van der Waals surface area contributed by atoms with Crippen molar-refractivity contribution in [1.29, 1.82) is 0 Å². The largest absolute Gasteiger partial charge is 0.497 e. The summed E-state index contributed by atoms with van der Waals surface area (Å²) >= 11 is 3.57. The van der Waals surface area contributed by atoms with Gasteiger partial charge >= 0.3 is 5.97 Å². The molecule has 1 spiro atoms. The van der Waals surface area contributed by atoms with E-state index in [1.165, 1.54) is 9.80 Å². The molecule has 4 aliphatic rings. The molecule has 2 saturated heterocycles. The molecule has 11 nitrogen and oxygen atoms in total. The van der Waals surface area contributed by atoms with Crippen LogP contribution in [0.4, 0.5) is 5.69 Å². The van der Waals surface area contributed by atoms with Gasteiger partial charge in [0, 0.05) is 23.1 Å². The highest BCUT2D eigenvalue weighted by Gasteiger charge is 2.75. The lowest BCUT2D eigenvalue weighted by atomic mass is 9.74. The number of hydrogen-bond acceptors (Lipinski definition) is 8. The Morgan fingerprint density at radius 3 is 2.45 bits per heavy atom. The lowest BCUT2D eigenvalue weighted by Crippen LogP contribution is -2.58. The second-order valence-corrected chi connectivity index (χ2v) is 13.3. The Bertz CT molecular complexity index is 1600. The Labute approximate surface area is 281 Å². The van der Waals surface area contributed by atoms with Gasteiger partial charge in [0.05, 0.1) is 31.7 Å². The molecule has 0 radical (unpaired) electrons. The van der Waals surface area contributed by atoms with Crippen molar-refractivity contribution in [3.63, 3.8) is 0 Å². The Hall–Kier alpha value is -4.00. The van der Waals surface area contributed by atoms with E-state index < -0.39 is 72.2 Å². The zero-order valence-corrected chi connectivity index (χ0v) is 28.0. The maximum atomic E-state index is 14.9. The van der Waals surface area contributed by atoms with Crippen LogP contribution in [-0.2, 0) is 28.7 Å². The molecule has 0 aliphatic carbocycles. The van der Waals surface area contributed by atoms with Crippen molar-refractivity contribution in [3.05, 3.63) is 82.9 Å². The first-order valence-corrected chi connectivity index (χ1v) is 16.5. The molecule has 3 amide bonds. The van der Waals surface area contributed by atoms with Crippen LogP contribution in [0.25, 0.3) is 0 Å². The van der Waals surface area contributed by atoms with Crippen molar-refractivity contribution < 1.29 is 38.5 Å². The number of methoxy groups -OCH3 is 1. The predicted molar refractivity (Wildman–Crippen MR) is 175 cm³/mol. The first-order chi connectivity index (χ1) is 22.6. The van der Waals surface area contributed by atoms with Gasteiger partial charge in [0.2, 0.25) is 11.8 Å². The van der Waals surface area contributed by atoms with Crippen LogP contribution in [0.1, 0.15) is 38.4 Å². The molecule has 248 valence electrons. The molecule has 8 atom stereocenters. The van der Waals surface area contributed by atoms with E-state index in [1.54, 1.807) is 51.3 Å². The molecule has 2 fully saturated rings. The molecular formula is C35H38BrN3O8. The summed E-state index contributed by atoms with van der Waals surface area (Å²) in [7, 11) is 1.55. The summed E-state index contributed by atoms with van der Waals surface area (Å²) < 4.78 is 18.6. The van der Waals surface area contributed by atoms with E-state index in [-0.39, 0.29) is 18.9 Å². The summed E-state index contributed by atoms with van der Waals surface area (Å²) in [6.07, 6.45) is 4.24. The molecule has 0 unspecified atom stereocenters. The fourth-order valence-electron chi connectivity index (χ4n) is 7.22. The number of carbonyl (C=O) groups is 4. The van der Waals surface area contributed by atoms with Crippen molar-refractivity contribution in [2.45, 2.75) is 62.6 Å². The van der Waals surface area contributed by atoms with Crippen LogP contribution in [0, 0.1) is 11.8 Å². The van der Waals surface area contributed by atoms with E-state index in [4.69, 9.17) is 14.2 Å². The smallest absolute Gasteiger partial charge is 0.313 e. The number of benzene rings is 2. The van der Waals surface area contributed by atoms with E-state index in [0.717, 1.165) is 0 Å². The predicted octanol–water partition coefficient (Wildman–Crippen LogP) is 3.42. The quantitative estimate of drug-likeness (QED) is 0.357. The minimum Gasteiger partial charge on any atom is -0.497 e. The van der Waals surface area contributed by atoms with E-state index in [0.29, 0.717) is 27.9 Å². The van der Waals surface area contributed by atoms with Crippen LogP contribution in [0.2, 0.25) is 0 Å². The average molecular weight is 709 g/mol. The number of nitrogens with zero attached hydrogens (tertiary/aromatic N) is 2. The van der Waals surface area contributed by atoms with Gasteiger partial charge in [0.25, 0.3) is 5.91 Å². The van der Waals surface area contributed by atoms with Gasteiger partial charge in [0.15, 0.2) is 0 Å². The highest BCUT2D eigenvalue weighted by Crippen LogP contribution is 2.59. The molecule has 47 heavy (non-hydrogen) atoms. The van der Waals surface area contributed by atoms with Crippen molar-refractivity contribution in [2.24, 2.45) is 11.8 Å². The number of likely N-dealkylation sites (tertiary alicyclic amines) is 1. The zero-order valence-electron chi connectivity index (χ0n) is 26.4. The number of ether oxygens (including phenoxy) is 3. The van der Waals surface area contributed by atoms with Crippen LogP contribution in [0.3, 0.4) is 0 Å². The SMILES string of the molecule is COc1ccc(N2C/C=C\CCC(=O)N[C@@H](C)[C@H](c3ccccc3)OC(=O)[C@H]3[C@@H]4O[C@@]5(C=C4Br)[C@@H]3C(=O)N([C@H](C)CO)[C@@H]5C2=O)cc1. The molecule has 4 aliphatic heterocycles. The number of aliphatic hydroxyl groups excluding tert-OH is 1. The van der Waals surface area contributed by atoms with Crippen LogP contribution in [0.15, 0.2) is 77.3 Å². The van der Waals surface area contributed by atoms with Gasteiger partial charge in [-0.05, 0) is 56.2 Å². The van der Waals surface area contributed by atoms with Gasteiger partial charge in [-0.15, -0.1) is 0 Å². The van der Waals surface area contributed by atoms with Crippen molar-refractivity contribution in [3.8, 4) is 5.75 Å². The van der Waals surface area contributed by atoms with Crippen LogP contribution >= 0.6 is 15.9 Å². The molecule has 4 heterocycles. The lowest BCUT2D eigenvalue weighted by molar-refractivity contribution is -0.161. The molecule has 0 saturated carbocycles. The number of carbonyl (C=O) groups excluding carboxylic acids is 4. The molecular weight excluding hydrogens is 670 g/mol. The fourth-order valence-corrected chi connectivity index (χ4v) is 7.96. The third-order valence-electron chi connectivity index (χ3n) is 9.47. The summed E-state index contributed by atoms with van der Waals surface area (Å²) in [5.74, 6) is -3.40. The highest BCUT2D eigenvalue weighted by molar-refractivity contribution is 9.11. The fraction of sp³-hybridized carbons (Fsp3) is 0.429. The summed E-state index contributed by atoms with van der Waals surface area (Å²) in [6.45, 7) is 3.16. The minimum atomic E-state index is -1.50. The summed E-state index contributed by atoms with van der Waals surface area (Å²) in [4.78, 5) is 59.4. The van der Waals surface area contributed by atoms with Gasteiger partial charge in [-0.3, -0.25) is 19.2 Å². The number of allylic oxidation sites excluding steroid dienone is 1. The van der Waals surface area contributed by atoms with Crippen LogP contribution in [0.5, 0.6) is 5.75 Å². The average Bonchev–Trinajstić information content (AvgIpc) is 3.67. The molecule has 2 aromatic carbocycles. The zero-order chi connectivity index (χ0) is 33.5. The molecule has 12 heteroatoms. The summed E-state index contributed by atoms with van der Waals surface area (Å²) in [5.41, 5.74) is -0.280. The topological polar surface area (TPSA) is 135 Å². The Morgan fingerprint density at radius 1 is 1.04 bits per heavy atom.